The minimum Gasteiger partial charge on any atom is -0.394 e. The topological polar surface area (TPSA) is 332 Å². The Balaban J connectivity index is 1.89. The average Bonchev–Trinajstić information content (AvgIpc) is 3.19. The van der Waals surface area contributed by atoms with E-state index in [1.54, 1.807) is 0 Å². The molecule has 0 aromatic carbocycles. The summed E-state index contributed by atoms with van der Waals surface area (Å²) in [5.41, 5.74) is 23.2. The predicted octanol–water partition coefficient (Wildman–Crippen LogP) is -8.81. The summed E-state index contributed by atoms with van der Waals surface area (Å²) in [5, 5.41) is 84.7. The van der Waals surface area contributed by atoms with Crippen molar-refractivity contribution in [3.05, 3.63) is 0 Å². The van der Waals surface area contributed by atoms with Gasteiger partial charge in [-0.15, -0.1) is 0 Å². The first-order chi connectivity index (χ1) is 18.4. The highest BCUT2D eigenvalue weighted by atomic mass is 16.7. The lowest BCUT2D eigenvalue weighted by molar-refractivity contribution is -0.312. The number of hydrogen-bond donors (Lipinski definition) is 13. The number of carbonyl (C=O) groups is 1. The number of nitrogens with one attached hydrogen (secondary N) is 1. The number of aliphatic hydroxyl groups excluding tert-OH is 8. The lowest BCUT2D eigenvalue weighted by Gasteiger charge is -2.49. The van der Waals surface area contributed by atoms with Crippen LogP contribution in [0.3, 0.4) is 0 Å². The first kappa shape index (κ1) is 32.3. The van der Waals surface area contributed by atoms with Crippen molar-refractivity contribution in [3.63, 3.8) is 0 Å². The van der Waals surface area contributed by atoms with Crippen LogP contribution in [-0.4, -0.2) is 164 Å². The van der Waals surface area contributed by atoms with Crippen LogP contribution in [0.15, 0.2) is 0 Å². The quantitative estimate of drug-likeness (QED) is 0.116. The van der Waals surface area contributed by atoms with Crippen LogP contribution in [0.1, 0.15) is 6.42 Å². The van der Waals surface area contributed by atoms with Crippen LogP contribution in [0.2, 0.25) is 0 Å². The molecule has 1 saturated carbocycles. The first-order valence-corrected chi connectivity index (χ1v) is 12.6. The zero-order chi connectivity index (χ0) is 29.2. The Labute approximate surface area is 223 Å². The highest BCUT2D eigenvalue weighted by molar-refractivity contribution is 5.80. The summed E-state index contributed by atoms with van der Waals surface area (Å²) in [7, 11) is 0. The van der Waals surface area contributed by atoms with E-state index in [9.17, 15) is 45.6 Å². The molecule has 0 spiro atoms. The fourth-order valence-corrected chi connectivity index (χ4v) is 4.86. The molecule has 1 amide bonds. The van der Waals surface area contributed by atoms with Crippen molar-refractivity contribution in [2.75, 3.05) is 19.7 Å². The second-order valence-electron chi connectivity index (χ2n) is 9.93. The molecule has 2 heterocycles. The van der Waals surface area contributed by atoms with Gasteiger partial charge in [-0.2, -0.15) is 0 Å². The van der Waals surface area contributed by atoms with Gasteiger partial charge in [0.15, 0.2) is 12.6 Å². The van der Waals surface area contributed by atoms with Gasteiger partial charge in [-0.1, -0.05) is 0 Å². The van der Waals surface area contributed by atoms with E-state index in [4.69, 9.17) is 41.9 Å². The smallest absolute Gasteiger partial charge is 0.249 e. The largest absolute Gasteiger partial charge is 0.394 e. The maximum atomic E-state index is 12.4. The SMILES string of the molecule is NCCC(O)C(=O)NC1C(O)C(N)C(OC2OC(CN)C(O)C(O)C2N)C(OC2OC(CO)C(O)C2O)C1O. The molecule has 17 N–H and O–H groups in total. The number of nitrogens with two attached hydrogens (primary N) is 4. The molecule has 16 unspecified atom stereocenters. The predicted molar refractivity (Wildman–Crippen MR) is 127 cm³/mol. The molecular weight excluding hydrogens is 530 g/mol. The van der Waals surface area contributed by atoms with Crippen molar-refractivity contribution in [1.82, 2.24) is 5.32 Å². The number of rotatable bonds is 10. The molecule has 3 fully saturated rings. The van der Waals surface area contributed by atoms with Gasteiger partial charge in [0, 0.05) is 6.54 Å². The van der Waals surface area contributed by atoms with Gasteiger partial charge in [0.05, 0.1) is 30.8 Å². The van der Waals surface area contributed by atoms with E-state index in [1.807, 2.05) is 0 Å². The van der Waals surface area contributed by atoms with Gasteiger partial charge in [-0.25, -0.2) is 0 Å². The van der Waals surface area contributed by atoms with E-state index in [2.05, 4.69) is 5.32 Å². The van der Waals surface area contributed by atoms with Crippen LogP contribution in [0.5, 0.6) is 0 Å². The van der Waals surface area contributed by atoms with Gasteiger partial charge < -0.3 is 88.1 Å². The summed E-state index contributed by atoms with van der Waals surface area (Å²) in [6.45, 7) is -0.927. The van der Waals surface area contributed by atoms with Crippen LogP contribution in [0.25, 0.3) is 0 Å². The van der Waals surface area contributed by atoms with Gasteiger partial charge in [0.1, 0.15) is 61.0 Å². The Kier molecular flexibility index (Phi) is 11.3. The monoisotopic (exact) mass is 571 g/mol. The van der Waals surface area contributed by atoms with Crippen molar-refractivity contribution in [3.8, 4) is 0 Å². The minimum absolute atomic E-state index is 0.0250. The van der Waals surface area contributed by atoms with E-state index in [1.165, 1.54) is 0 Å². The third-order valence-electron chi connectivity index (χ3n) is 7.28. The zero-order valence-electron chi connectivity index (χ0n) is 21.0. The molecule has 0 aromatic rings. The van der Waals surface area contributed by atoms with E-state index >= 15 is 0 Å². The van der Waals surface area contributed by atoms with Crippen molar-refractivity contribution >= 4 is 5.91 Å². The third-order valence-corrected chi connectivity index (χ3v) is 7.28. The van der Waals surface area contributed by atoms with E-state index in [-0.39, 0.29) is 19.5 Å². The summed E-state index contributed by atoms with van der Waals surface area (Å²) in [6.07, 6.45) is -20.0. The molecule has 2 saturated heterocycles. The second-order valence-corrected chi connectivity index (χ2v) is 9.93. The van der Waals surface area contributed by atoms with Crippen molar-refractivity contribution in [1.29, 1.82) is 0 Å². The summed E-state index contributed by atoms with van der Waals surface area (Å²) in [5.74, 6) is -0.970. The van der Waals surface area contributed by atoms with Gasteiger partial charge in [-0.05, 0) is 13.0 Å². The molecule has 3 aliphatic rings. The Bertz CT molecular complexity index is 801. The lowest BCUT2D eigenvalue weighted by atomic mass is 9.81. The Morgan fingerprint density at radius 1 is 0.795 bits per heavy atom. The van der Waals surface area contributed by atoms with E-state index < -0.39 is 110 Å². The standard InChI is InChI=1S/C21H41N5O13/c22-2-1-5(28)19(35)26-10-13(31)8(24)17(38-20-9(25)14(32)11(29)6(3-23)36-20)18(15(10)33)39-21-16(34)12(30)7(4-27)37-21/h5-18,20-21,27-34H,1-4,22-25H2,(H,26,35). The first-order valence-electron chi connectivity index (χ1n) is 12.6. The summed E-state index contributed by atoms with van der Waals surface area (Å²) in [6, 6.07) is -4.33. The van der Waals surface area contributed by atoms with Crippen LogP contribution >= 0.6 is 0 Å². The van der Waals surface area contributed by atoms with E-state index in [0.717, 1.165) is 0 Å². The average molecular weight is 572 g/mol. The third kappa shape index (κ3) is 6.67. The molecule has 2 aliphatic heterocycles. The second kappa shape index (κ2) is 13.7. The number of ether oxygens (including phenoxy) is 4. The summed E-state index contributed by atoms with van der Waals surface area (Å²) >= 11 is 0. The Hall–Kier alpha value is -1.17. The zero-order valence-corrected chi connectivity index (χ0v) is 21.0. The minimum atomic E-state index is -1.83. The molecule has 0 aromatic heterocycles. The maximum Gasteiger partial charge on any atom is 0.249 e. The van der Waals surface area contributed by atoms with E-state index in [0.29, 0.717) is 0 Å². The molecule has 1 aliphatic carbocycles. The molecule has 3 rings (SSSR count). The lowest BCUT2D eigenvalue weighted by Crippen LogP contribution is -2.74. The Morgan fingerprint density at radius 3 is 1.95 bits per heavy atom. The summed E-state index contributed by atoms with van der Waals surface area (Å²) < 4.78 is 22.5. The number of hydrogen-bond acceptors (Lipinski definition) is 17. The highest BCUT2D eigenvalue weighted by Crippen LogP contribution is 2.32. The van der Waals surface area contributed by atoms with Gasteiger partial charge in [0.2, 0.25) is 5.91 Å². The molecule has 18 nitrogen and oxygen atoms in total. The molecule has 18 heteroatoms. The molecular formula is C21H41N5O13. The molecule has 228 valence electrons. The normalized spacial score (nSPS) is 47.6. The molecule has 0 bridgehead atoms. The molecule has 16 atom stereocenters. The van der Waals surface area contributed by atoms with Gasteiger partial charge >= 0.3 is 0 Å². The Morgan fingerprint density at radius 2 is 1.38 bits per heavy atom. The van der Waals surface area contributed by atoms with Crippen LogP contribution in [0, 0.1) is 0 Å². The highest BCUT2D eigenvalue weighted by Gasteiger charge is 2.55. The van der Waals surface area contributed by atoms with Crippen molar-refractivity contribution in [2.45, 2.75) is 104 Å². The molecule has 39 heavy (non-hydrogen) atoms. The molecule has 0 radical (unpaired) electrons. The fourth-order valence-electron chi connectivity index (χ4n) is 4.86. The number of aliphatic hydroxyl groups is 8. The number of amides is 1. The van der Waals surface area contributed by atoms with Gasteiger partial charge in [0.25, 0.3) is 0 Å². The van der Waals surface area contributed by atoms with Crippen LogP contribution in [0.4, 0.5) is 0 Å². The fraction of sp³-hybridized carbons (Fsp3) is 0.952. The van der Waals surface area contributed by atoms with Gasteiger partial charge in [-0.3, -0.25) is 4.79 Å². The maximum absolute atomic E-state index is 12.4. The van der Waals surface area contributed by atoms with Crippen molar-refractivity contribution < 1.29 is 64.6 Å². The van der Waals surface area contributed by atoms with Crippen molar-refractivity contribution in [2.24, 2.45) is 22.9 Å². The van der Waals surface area contributed by atoms with Crippen LogP contribution in [-0.2, 0) is 23.7 Å². The van der Waals surface area contributed by atoms with Crippen LogP contribution < -0.4 is 28.3 Å². The summed E-state index contributed by atoms with van der Waals surface area (Å²) in [4.78, 5) is 12.4. The number of carbonyl (C=O) groups excluding carboxylic acids is 1.